The Labute approximate surface area is 72.1 Å². The molecule has 2 rings (SSSR count). The van der Waals surface area contributed by atoms with Crippen LogP contribution in [-0.4, -0.2) is 20.9 Å². The first-order chi connectivity index (χ1) is 5.68. The van der Waals surface area contributed by atoms with Gasteiger partial charge in [-0.2, -0.15) is 0 Å². The van der Waals surface area contributed by atoms with E-state index in [9.17, 15) is 14.4 Å². The normalized spacial score (nSPS) is 24.8. The van der Waals surface area contributed by atoms with Crippen molar-refractivity contribution < 1.29 is 18.9 Å². The quantitative estimate of drug-likeness (QED) is 0.531. The van der Waals surface area contributed by atoms with Gasteiger partial charge in [0.1, 0.15) is 18.0 Å². The molecule has 1 spiro atoms. The molecule has 3 amide bonds. The Morgan fingerprint density at radius 3 is 2.17 bits per heavy atom. The number of rotatable bonds is 0. The average Bonchev–Trinajstić information content (AvgIpc) is 2.05. The van der Waals surface area contributed by atoms with E-state index in [0.717, 1.165) is 0 Å². The van der Waals surface area contributed by atoms with Gasteiger partial charge in [-0.3, -0.25) is 0 Å². The zero-order valence-corrected chi connectivity index (χ0v) is 6.71. The molecular formula is C7H4NO3S+. The highest BCUT2D eigenvalue weighted by Gasteiger charge is 2.62. The molecule has 0 bridgehead atoms. The molecule has 2 aliphatic heterocycles. The summed E-state index contributed by atoms with van der Waals surface area (Å²) in [5, 5.41) is -0.851. The Morgan fingerprint density at radius 1 is 1.08 bits per heavy atom. The Kier molecular flexibility index (Phi) is 1.33. The van der Waals surface area contributed by atoms with Crippen molar-refractivity contribution in [3.8, 4) is 0 Å². The molecule has 0 unspecified atom stereocenters. The molecule has 0 atom stereocenters. The molecule has 1 saturated heterocycles. The minimum absolute atomic E-state index is 0.425. The van der Waals surface area contributed by atoms with Crippen LogP contribution in [0.15, 0.2) is 24.4 Å². The summed E-state index contributed by atoms with van der Waals surface area (Å²) < 4.78 is -0.763. The molecule has 60 valence electrons. The van der Waals surface area contributed by atoms with Gasteiger partial charge >= 0.3 is 16.4 Å². The summed E-state index contributed by atoms with van der Waals surface area (Å²) in [5.41, 5.74) is 0. The van der Waals surface area contributed by atoms with Crippen molar-refractivity contribution in [1.82, 2.24) is 0 Å². The van der Waals surface area contributed by atoms with Gasteiger partial charge in [-0.25, -0.2) is 14.4 Å². The SMILES string of the molecule is O=C1C=CC=C[N+]12C(=O)SC2=O. The molecule has 4 nitrogen and oxygen atoms in total. The Bertz CT molecular complexity index is 342. The van der Waals surface area contributed by atoms with Crippen molar-refractivity contribution in [2.24, 2.45) is 0 Å². The third-order valence-corrected chi connectivity index (χ3v) is 2.68. The van der Waals surface area contributed by atoms with Crippen molar-refractivity contribution >= 4 is 28.1 Å². The number of allylic oxidation sites excluding steroid dienone is 2. The first kappa shape index (κ1) is 7.45. The molecule has 0 radical (unpaired) electrons. The molecule has 0 aliphatic carbocycles. The van der Waals surface area contributed by atoms with Crippen molar-refractivity contribution in [1.29, 1.82) is 0 Å². The average molecular weight is 182 g/mol. The number of nitrogens with zero attached hydrogens (tertiary/aromatic N) is 1. The monoisotopic (exact) mass is 182 g/mol. The topological polar surface area (TPSA) is 51.2 Å². The summed E-state index contributed by atoms with van der Waals surface area (Å²) in [7, 11) is 0. The Morgan fingerprint density at radius 2 is 1.75 bits per heavy atom. The van der Waals surface area contributed by atoms with Gasteiger partial charge in [-0.05, 0) is 12.2 Å². The van der Waals surface area contributed by atoms with Crippen molar-refractivity contribution in [2.75, 3.05) is 0 Å². The van der Waals surface area contributed by atoms with Crippen LogP contribution in [0.3, 0.4) is 0 Å². The van der Waals surface area contributed by atoms with Crippen LogP contribution in [0, 0.1) is 0 Å². The summed E-state index contributed by atoms with van der Waals surface area (Å²) in [6.45, 7) is 0. The predicted octanol–water partition coefficient (Wildman–Crippen LogP) is 1.40. The highest BCUT2D eigenvalue weighted by Crippen LogP contribution is 2.38. The van der Waals surface area contributed by atoms with E-state index in [0.29, 0.717) is 11.8 Å². The van der Waals surface area contributed by atoms with E-state index in [1.807, 2.05) is 0 Å². The van der Waals surface area contributed by atoms with Crippen molar-refractivity contribution in [2.45, 2.75) is 0 Å². The molecule has 2 aliphatic rings. The van der Waals surface area contributed by atoms with E-state index >= 15 is 0 Å². The zero-order chi connectivity index (χ0) is 8.77. The van der Waals surface area contributed by atoms with E-state index in [-0.39, 0.29) is 0 Å². The highest BCUT2D eigenvalue weighted by molar-refractivity contribution is 8.27. The van der Waals surface area contributed by atoms with Crippen molar-refractivity contribution in [3.05, 3.63) is 24.4 Å². The maximum absolute atomic E-state index is 11.2. The first-order valence-corrected chi connectivity index (χ1v) is 4.05. The summed E-state index contributed by atoms with van der Waals surface area (Å²) in [4.78, 5) is 33.3. The molecule has 1 fully saturated rings. The van der Waals surface area contributed by atoms with Crippen LogP contribution in [0.25, 0.3) is 0 Å². The second-order valence-electron chi connectivity index (χ2n) is 2.40. The number of amides is 3. The number of imide groups is 3. The van der Waals surface area contributed by atoms with Gasteiger partial charge in [0.05, 0.1) is 0 Å². The lowest BCUT2D eigenvalue weighted by atomic mass is 10.3. The van der Waals surface area contributed by atoms with E-state index in [4.69, 9.17) is 0 Å². The standard InChI is InChI=1S/C7H4NO3S/c9-5-3-1-2-4-8(5)6(10)12-7(8)11/h1-4H/q+1. The van der Waals surface area contributed by atoms with Crippen LogP contribution in [-0.2, 0) is 4.79 Å². The summed E-state index contributed by atoms with van der Waals surface area (Å²) in [6.07, 6.45) is 5.57. The van der Waals surface area contributed by atoms with Gasteiger partial charge in [-0.15, -0.1) is 0 Å². The van der Waals surface area contributed by atoms with E-state index in [2.05, 4.69) is 0 Å². The smallest absolute Gasteiger partial charge is 0.225 e. The van der Waals surface area contributed by atoms with Crippen molar-refractivity contribution in [3.63, 3.8) is 0 Å². The molecule has 0 saturated carbocycles. The molecular weight excluding hydrogens is 178 g/mol. The number of hydrogen-bond acceptors (Lipinski definition) is 4. The van der Waals surface area contributed by atoms with Gasteiger partial charge in [0.15, 0.2) is 0 Å². The second kappa shape index (κ2) is 2.15. The van der Waals surface area contributed by atoms with Gasteiger partial charge in [0, 0.05) is 6.08 Å². The molecule has 0 N–H and O–H groups in total. The number of thioether (sulfide) groups is 1. The predicted molar refractivity (Wildman–Crippen MR) is 41.9 cm³/mol. The lowest BCUT2D eigenvalue weighted by Gasteiger charge is -2.30. The lowest BCUT2D eigenvalue weighted by molar-refractivity contribution is -0.618. The number of carbonyl (C=O) groups is 3. The van der Waals surface area contributed by atoms with Gasteiger partial charge < -0.3 is 0 Å². The maximum atomic E-state index is 11.2. The summed E-state index contributed by atoms with van der Waals surface area (Å²) in [6, 6.07) is 0. The fourth-order valence-electron chi connectivity index (χ4n) is 1.06. The third kappa shape index (κ3) is 0.645. The van der Waals surface area contributed by atoms with Gasteiger partial charge in [-0.1, -0.05) is 4.48 Å². The van der Waals surface area contributed by atoms with Gasteiger partial charge in [0.2, 0.25) is 0 Å². The Hall–Kier alpha value is -1.20. The summed E-state index contributed by atoms with van der Waals surface area (Å²) in [5.74, 6) is -0.480. The number of carbonyl (C=O) groups excluding carboxylic acids is 3. The van der Waals surface area contributed by atoms with Crippen LogP contribution < -0.4 is 0 Å². The largest absolute Gasteiger partial charge is 0.409 e. The van der Waals surface area contributed by atoms with Gasteiger partial charge in [0.25, 0.3) is 0 Å². The zero-order valence-electron chi connectivity index (χ0n) is 5.89. The summed E-state index contributed by atoms with van der Waals surface area (Å²) >= 11 is 0.581. The van der Waals surface area contributed by atoms with E-state index in [1.165, 1.54) is 24.4 Å². The lowest BCUT2D eigenvalue weighted by Crippen LogP contribution is -2.61. The Balaban J connectivity index is 2.50. The van der Waals surface area contributed by atoms with Crippen LogP contribution in [0.2, 0.25) is 0 Å². The van der Waals surface area contributed by atoms with Crippen LogP contribution in [0.5, 0.6) is 0 Å². The fraction of sp³-hybridized carbons (Fsp3) is 0. The molecule has 5 heteroatoms. The third-order valence-electron chi connectivity index (χ3n) is 1.76. The van der Waals surface area contributed by atoms with Crippen LogP contribution in [0.4, 0.5) is 9.59 Å². The van der Waals surface area contributed by atoms with E-state index < -0.39 is 20.9 Å². The fourth-order valence-corrected chi connectivity index (χ4v) is 1.84. The molecule has 2 heterocycles. The minimum atomic E-state index is -0.763. The molecule has 0 aromatic heterocycles. The number of hydrogen-bond donors (Lipinski definition) is 0. The minimum Gasteiger partial charge on any atom is -0.225 e. The van der Waals surface area contributed by atoms with Crippen LogP contribution >= 0.6 is 11.8 Å². The molecule has 0 aromatic rings. The van der Waals surface area contributed by atoms with E-state index in [1.54, 1.807) is 0 Å². The second-order valence-corrected chi connectivity index (χ2v) is 3.30. The van der Waals surface area contributed by atoms with Crippen LogP contribution in [0.1, 0.15) is 0 Å². The molecule has 12 heavy (non-hydrogen) atoms. The highest BCUT2D eigenvalue weighted by atomic mass is 32.2. The number of quaternary nitrogens is 1. The first-order valence-electron chi connectivity index (χ1n) is 3.24. The molecule has 0 aromatic carbocycles. The maximum Gasteiger partial charge on any atom is 0.409 e.